The van der Waals surface area contributed by atoms with E-state index in [1.54, 1.807) is 39.3 Å². The van der Waals surface area contributed by atoms with Crippen molar-refractivity contribution < 1.29 is 9.59 Å². The summed E-state index contributed by atoms with van der Waals surface area (Å²) in [6.07, 6.45) is 0.372. The van der Waals surface area contributed by atoms with Crippen molar-refractivity contribution in [1.29, 1.82) is 0 Å². The van der Waals surface area contributed by atoms with E-state index in [-0.39, 0.29) is 11.8 Å². The van der Waals surface area contributed by atoms with Gasteiger partial charge in [0, 0.05) is 39.7 Å². The fourth-order valence-corrected chi connectivity index (χ4v) is 1.52. The van der Waals surface area contributed by atoms with Gasteiger partial charge in [0.25, 0.3) is 5.91 Å². The number of carbonyl (C=O) groups excluding carboxylic acids is 2. The Morgan fingerprint density at radius 3 is 2.58 bits per heavy atom. The molecule has 0 aliphatic carbocycles. The van der Waals surface area contributed by atoms with Crippen LogP contribution in [0, 0.1) is 0 Å². The van der Waals surface area contributed by atoms with Crippen molar-refractivity contribution in [3.05, 3.63) is 23.8 Å². The lowest BCUT2D eigenvalue weighted by Gasteiger charge is -2.13. The minimum atomic E-state index is -0.174. The van der Waals surface area contributed by atoms with E-state index in [9.17, 15) is 9.59 Å². The number of nitrogens with one attached hydrogen (secondary N) is 2. The molecule has 19 heavy (non-hydrogen) atoms. The molecule has 0 saturated heterocycles. The molecule has 0 heterocycles. The second-order valence-corrected chi connectivity index (χ2v) is 4.35. The summed E-state index contributed by atoms with van der Waals surface area (Å²) in [5.74, 6) is -0.138. The average Bonchev–Trinajstić information content (AvgIpc) is 2.39. The summed E-state index contributed by atoms with van der Waals surface area (Å²) in [5.41, 5.74) is 7.55. The van der Waals surface area contributed by atoms with Gasteiger partial charge >= 0.3 is 0 Å². The second kappa shape index (κ2) is 6.63. The molecular weight excluding hydrogens is 244 g/mol. The Bertz CT molecular complexity index is 472. The number of nitrogen functional groups attached to an aromatic ring is 1. The third-order valence-corrected chi connectivity index (χ3v) is 2.70. The molecular formula is C13H20N4O2. The summed E-state index contributed by atoms with van der Waals surface area (Å²) in [6, 6.07) is 5.00. The second-order valence-electron chi connectivity index (χ2n) is 4.35. The fraction of sp³-hybridized carbons (Fsp3) is 0.385. The number of amides is 2. The number of benzene rings is 1. The molecule has 0 aliphatic heterocycles. The van der Waals surface area contributed by atoms with Crippen LogP contribution in [0.3, 0.4) is 0 Å². The number of rotatable bonds is 5. The molecule has 6 heteroatoms. The first kappa shape index (κ1) is 14.8. The molecule has 0 saturated carbocycles. The third-order valence-electron chi connectivity index (χ3n) is 2.70. The van der Waals surface area contributed by atoms with Crippen molar-refractivity contribution in [1.82, 2.24) is 10.2 Å². The average molecular weight is 264 g/mol. The normalized spacial score (nSPS) is 9.84. The number of carbonyl (C=O) groups is 2. The minimum absolute atomic E-state index is 0.0357. The third kappa shape index (κ3) is 4.17. The van der Waals surface area contributed by atoms with Crippen LogP contribution in [0.15, 0.2) is 18.2 Å². The first-order valence-electron chi connectivity index (χ1n) is 6.01. The monoisotopic (exact) mass is 264 g/mol. The van der Waals surface area contributed by atoms with Crippen molar-refractivity contribution in [3.8, 4) is 0 Å². The van der Waals surface area contributed by atoms with Gasteiger partial charge in [-0.3, -0.25) is 9.59 Å². The molecule has 1 aromatic rings. The first-order chi connectivity index (χ1) is 8.95. The lowest BCUT2D eigenvalue weighted by molar-refractivity contribution is -0.128. The molecule has 6 nitrogen and oxygen atoms in total. The van der Waals surface area contributed by atoms with Crippen LogP contribution in [-0.4, -0.2) is 44.4 Å². The Morgan fingerprint density at radius 2 is 2.00 bits per heavy atom. The van der Waals surface area contributed by atoms with Crippen LogP contribution < -0.4 is 16.4 Å². The van der Waals surface area contributed by atoms with Crippen LogP contribution in [-0.2, 0) is 4.79 Å². The number of nitrogens with zero attached hydrogens (tertiary/aromatic N) is 1. The number of hydrogen-bond donors (Lipinski definition) is 3. The van der Waals surface area contributed by atoms with Gasteiger partial charge in [-0.05, 0) is 18.2 Å². The summed E-state index contributed by atoms with van der Waals surface area (Å²) in [6.45, 7) is 0.471. The van der Waals surface area contributed by atoms with E-state index in [2.05, 4.69) is 10.6 Å². The molecule has 0 aliphatic rings. The number of hydrogen-bond acceptors (Lipinski definition) is 4. The van der Waals surface area contributed by atoms with Crippen molar-refractivity contribution in [2.24, 2.45) is 0 Å². The maximum Gasteiger partial charge on any atom is 0.251 e. The zero-order chi connectivity index (χ0) is 14.4. The Morgan fingerprint density at radius 1 is 1.32 bits per heavy atom. The van der Waals surface area contributed by atoms with E-state index < -0.39 is 0 Å². The molecule has 0 radical (unpaired) electrons. The van der Waals surface area contributed by atoms with E-state index in [0.29, 0.717) is 29.9 Å². The molecule has 1 rings (SSSR count). The Kier molecular flexibility index (Phi) is 5.17. The molecule has 0 bridgehead atoms. The predicted molar refractivity (Wildman–Crippen MR) is 76.0 cm³/mol. The fourth-order valence-electron chi connectivity index (χ4n) is 1.52. The Hall–Kier alpha value is -2.24. The van der Waals surface area contributed by atoms with Gasteiger partial charge in [0.1, 0.15) is 0 Å². The van der Waals surface area contributed by atoms with Crippen LogP contribution in [0.2, 0.25) is 0 Å². The summed E-state index contributed by atoms with van der Waals surface area (Å²) in [5, 5.41) is 5.61. The van der Waals surface area contributed by atoms with Crippen molar-refractivity contribution in [2.75, 3.05) is 38.7 Å². The van der Waals surface area contributed by atoms with Crippen LogP contribution >= 0.6 is 0 Å². The van der Waals surface area contributed by atoms with E-state index in [4.69, 9.17) is 5.73 Å². The highest BCUT2D eigenvalue weighted by Crippen LogP contribution is 2.20. The van der Waals surface area contributed by atoms with Crippen LogP contribution in [0.5, 0.6) is 0 Å². The van der Waals surface area contributed by atoms with Gasteiger partial charge in [0.2, 0.25) is 5.91 Å². The lowest BCUT2D eigenvalue weighted by Crippen LogP contribution is -2.24. The van der Waals surface area contributed by atoms with E-state index >= 15 is 0 Å². The molecule has 0 aromatic heterocycles. The smallest absolute Gasteiger partial charge is 0.251 e. The van der Waals surface area contributed by atoms with E-state index in [1.807, 2.05) is 0 Å². The molecule has 2 amide bonds. The zero-order valence-corrected chi connectivity index (χ0v) is 11.5. The van der Waals surface area contributed by atoms with Gasteiger partial charge < -0.3 is 21.3 Å². The van der Waals surface area contributed by atoms with E-state index in [0.717, 1.165) is 0 Å². The molecule has 104 valence electrons. The standard InChI is InChI=1S/C13H20N4O2/c1-15-13(19)9-4-5-10(14)11(8-9)16-7-6-12(18)17(2)3/h4-5,8,16H,6-7,14H2,1-3H3,(H,15,19). The van der Waals surface area contributed by atoms with E-state index in [1.165, 1.54) is 4.90 Å². The van der Waals surface area contributed by atoms with Gasteiger partial charge in [-0.15, -0.1) is 0 Å². The molecule has 4 N–H and O–H groups in total. The van der Waals surface area contributed by atoms with Crippen molar-refractivity contribution >= 4 is 23.2 Å². The first-order valence-corrected chi connectivity index (χ1v) is 6.01. The SMILES string of the molecule is CNC(=O)c1ccc(N)c(NCCC(=O)N(C)C)c1. The molecule has 0 atom stereocenters. The maximum absolute atomic E-state index is 11.5. The van der Waals surface area contributed by atoms with Crippen molar-refractivity contribution in [2.45, 2.75) is 6.42 Å². The maximum atomic E-state index is 11.5. The molecule has 0 unspecified atom stereocenters. The Balaban J connectivity index is 2.67. The molecule has 1 aromatic carbocycles. The lowest BCUT2D eigenvalue weighted by atomic mass is 10.1. The van der Waals surface area contributed by atoms with Crippen LogP contribution in [0.4, 0.5) is 11.4 Å². The zero-order valence-electron chi connectivity index (χ0n) is 11.5. The minimum Gasteiger partial charge on any atom is -0.397 e. The Labute approximate surface area is 113 Å². The largest absolute Gasteiger partial charge is 0.397 e. The summed E-state index contributed by atoms with van der Waals surface area (Å²) in [4.78, 5) is 24.5. The summed E-state index contributed by atoms with van der Waals surface area (Å²) >= 11 is 0. The number of anilines is 2. The van der Waals surface area contributed by atoms with Gasteiger partial charge in [-0.1, -0.05) is 0 Å². The van der Waals surface area contributed by atoms with Crippen LogP contribution in [0.25, 0.3) is 0 Å². The van der Waals surface area contributed by atoms with Crippen LogP contribution in [0.1, 0.15) is 16.8 Å². The summed E-state index contributed by atoms with van der Waals surface area (Å²) in [7, 11) is 4.99. The predicted octanol–water partition coefficient (Wildman–Crippen LogP) is 0.519. The molecule has 0 spiro atoms. The molecule has 0 fully saturated rings. The van der Waals surface area contributed by atoms with Gasteiger partial charge in [0.15, 0.2) is 0 Å². The number of nitrogens with two attached hydrogens (primary N) is 1. The highest BCUT2D eigenvalue weighted by molar-refractivity contribution is 5.96. The van der Waals surface area contributed by atoms with Gasteiger partial charge in [0.05, 0.1) is 11.4 Å². The highest BCUT2D eigenvalue weighted by Gasteiger charge is 2.08. The highest BCUT2D eigenvalue weighted by atomic mass is 16.2. The van der Waals surface area contributed by atoms with Gasteiger partial charge in [-0.2, -0.15) is 0 Å². The van der Waals surface area contributed by atoms with Gasteiger partial charge in [-0.25, -0.2) is 0 Å². The van der Waals surface area contributed by atoms with Crippen molar-refractivity contribution in [3.63, 3.8) is 0 Å². The topological polar surface area (TPSA) is 87.5 Å². The summed E-state index contributed by atoms with van der Waals surface area (Å²) < 4.78 is 0. The quantitative estimate of drug-likeness (QED) is 0.677.